The Morgan fingerprint density at radius 2 is 1.62 bits per heavy atom. The molecule has 2 aromatic carbocycles. The molecule has 2 aromatic rings. The van der Waals surface area contributed by atoms with Crippen molar-refractivity contribution < 1.29 is 23.1 Å². The van der Waals surface area contributed by atoms with Crippen LogP contribution in [0.3, 0.4) is 0 Å². The van der Waals surface area contributed by atoms with E-state index in [-0.39, 0.29) is 42.7 Å². The Balaban J connectivity index is 0.00000578. The fraction of sp³-hybridized carbons (Fsp3) is 0.462. The van der Waals surface area contributed by atoms with E-state index in [1.165, 1.54) is 12.1 Å². The summed E-state index contributed by atoms with van der Waals surface area (Å²) < 4.78 is 34.2. The van der Waals surface area contributed by atoms with E-state index in [1.54, 1.807) is 39.8 Å². The maximum absolute atomic E-state index is 15.3. The Morgan fingerprint density at radius 3 is 2.15 bits per heavy atom. The molecule has 0 saturated carbocycles. The van der Waals surface area contributed by atoms with Gasteiger partial charge in [-0.05, 0) is 92.1 Å². The summed E-state index contributed by atoms with van der Waals surface area (Å²) in [6, 6.07) is 4.37. The standard InChI is InChI=1S/C26H34F2N2O3.ClH/c1-7-33-23(31)13-22(30-26(32)21(29)8-14(2)3)20-12-18(9-17(6)25(20)28)24-15(4)10-19(27)11-16(24)5;/h9-12,14,21-22H,7-8,13,29H2,1-6H3,(H,30,32);1H/t21-,22-;/m0./s1. The number of hydrogen-bond acceptors (Lipinski definition) is 4. The van der Waals surface area contributed by atoms with Gasteiger partial charge in [-0.25, -0.2) is 8.78 Å². The molecule has 0 fully saturated rings. The van der Waals surface area contributed by atoms with E-state index in [4.69, 9.17) is 10.5 Å². The van der Waals surface area contributed by atoms with Gasteiger partial charge in [0, 0.05) is 5.56 Å². The number of halogens is 3. The molecule has 188 valence electrons. The van der Waals surface area contributed by atoms with Gasteiger partial charge in [-0.2, -0.15) is 0 Å². The van der Waals surface area contributed by atoms with Crippen LogP contribution in [0.15, 0.2) is 24.3 Å². The molecule has 2 atom stereocenters. The summed E-state index contributed by atoms with van der Waals surface area (Å²) in [5, 5.41) is 2.75. The fourth-order valence-corrected chi connectivity index (χ4v) is 4.08. The van der Waals surface area contributed by atoms with Crippen molar-refractivity contribution in [1.82, 2.24) is 5.32 Å². The molecule has 34 heavy (non-hydrogen) atoms. The Morgan fingerprint density at radius 1 is 1.03 bits per heavy atom. The van der Waals surface area contributed by atoms with Gasteiger partial charge in [0.15, 0.2) is 0 Å². The summed E-state index contributed by atoms with van der Waals surface area (Å²) in [7, 11) is 0. The molecule has 3 N–H and O–H groups in total. The molecule has 0 unspecified atom stereocenters. The summed E-state index contributed by atoms with van der Waals surface area (Å²) in [5.74, 6) is -1.70. The minimum Gasteiger partial charge on any atom is -0.466 e. The highest BCUT2D eigenvalue weighted by Crippen LogP contribution is 2.34. The lowest BCUT2D eigenvalue weighted by Gasteiger charge is -2.24. The van der Waals surface area contributed by atoms with Gasteiger partial charge in [0.05, 0.1) is 25.1 Å². The molecule has 0 bridgehead atoms. The molecule has 8 heteroatoms. The summed E-state index contributed by atoms with van der Waals surface area (Å²) in [5.41, 5.74) is 9.38. The van der Waals surface area contributed by atoms with Gasteiger partial charge in [0.25, 0.3) is 0 Å². The average molecular weight is 497 g/mol. The second kappa shape index (κ2) is 12.8. The van der Waals surface area contributed by atoms with Crippen molar-refractivity contribution in [3.8, 4) is 11.1 Å². The van der Waals surface area contributed by atoms with E-state index in [1.807, 2.05) is 13.8 Å². The Labute approximate surface area is 206 Å². The number of esters is 1. The van der Waals surface area contributed by atoms with Crippen LogP contribution in [0.1, 0.15) is 61.9 Å². The van der Waals surface area contributed by atoms with Crippen molar-refractivity contribution in [2.45, 2.75) is 66.5 Å². The molecule has 0 aliphatic rings. The van der Waals surface area contributed by atoms with E-state index < -0.39 is 29.8 Å². The number of nitrogens with two attached hydrogens (primary N) is 1. The van der Waals surface area contributed by atoms with Gasteiger partial charge >= 0.3 is 5.97 Å². The first-order valence-corrected chi connectivity index (χ1v) is 11.2. The lowest BCUT2D eigenvalue weighted by atomic mass is 9.90. The highest BCUT2D eigenvalue weighted by molar-refractivity contribution is 5.85. The molecular formula is C26H35ClF2N2O3. The lowest BCUT2D eigenvalue weighted by molar-refractivity contribution is -0.143. The molecule has 0 aliphatic heterocycles. The second-order valence-electron chi connectivity index (χ2n) is 8.92. The van der Waals surface area contributed by atoms with Gasteiger partial charge < -0.3 is 15.8 Å². The number of ether oxygens (including phenoxy) is 1. The predicted molar refractivity (Wildman–Crippen MR) is 133 cm³/mol. The van der Waals surface area contributed by atoms with Gasteiger partial charge in [-0.15, -0.1) is 12.4 Å². The average Bonchev–Trinajstić information content (AvgIpc) is 2.68. The van der Waals surface area contributed by atoms with Crippen molar-refractivity contribution >= 4 is 24.3 Å². The van der Waals surface area contributed by atoms with Crippen molar-refractivity contribution in [2.75, 3.05) is 6.61 Å². The van der Waals surface area contributed by atoms with Crippen LogP contribution in [0.2, 0.25) is 0 Å². The summed E-state index contributed by atoms with van der Waals surface area (Å²) in [6.07, 6.45) is 0.211. The molecule has 2 rings (SSSR count). The molecule has 0 aliphatic carbocycles. The third-order valence-corrected chi connectivity index (χ3v) is 5.50. The molecule has 0 heterocycles. The zero-order valence-corrected chi connectivity index (χ0v) is 21.4. The monoisotopic (exact) mass is 496 g/mol. The first-order valence-electron chi connectivity index (χ1n) is 11.2. The number of carbonyl (C=O) groups excluding carboxylic acids is 2. The smallest absolute Gasteiger partial charge is 0.308 e. The van der Waals surface area contributed by atoms with Crippen LogP contribution in [0.4, 0.5) is 8.78 Å². The van der Waals surface area contributed by atoms with Crippen LogP contribution in [0.25, 0.3) is 11.1 Å². The zero-order chi connectivity index (χ0) is 24.9. The lowest BCUT2D eigenvalue weighted by Crippen LogP contribution is -2.43. The molecule has 1 amide bonds. The van der Waals surface area contributed by atoms with Crippen LogP contribution < -0.4 is 11.1 Å². The highest BCUT2D eigenvalue weighted by Gasteiger charge is 2.27. The van der Waals surface area contributed by atoms with Gasteiger partial charge in [-0.3, -0.25) is 9.59 Å². The van der Waals surface area contributed by atoms with E-state index in [0.717, 1.165) is 5.56 Å². The first-order chi connectivity index (χ1) is 15.4. The molecule has 0 saturated heterocycles. The van der Waals surface area contributed by atoms with E-state index >= 15 is 4.39 Å². The number of benzene rings is 2. The number of aryl methyl sites for hydroxylation is 3. The van der Waals surface area contributed by atoms with E-state index in [2.05, 4.69) is 5.32 Å². The van der Waals surface area contributed by atoms with Crippen molar-refractivity contribution in [3.05, 3.63) is 58.2 Å². The predicted octanol–water partition coefficient (Wildman–Crippen LogP) is 5.46. The Bertz CT molecular complexity index is 1000. The quantitative estimate of drug-likeness (QED) is 0.451. The number of hydrogen-bond donors (Lipinski definition) is 2. The van der Waals surface area contributed by atoms with Crippen LogP contribution in [0.5, 0.6) is 0 Å². The highest BCUT2D eigenvalue weighted by atomic mass is 35.5. The number of carbonyl (C=O) groups is 2. The Hall–Kier alpha value is -2.51. The largest absolute Gasteiger partial charge is 0.466 e. The van der Waals surface area contributed by atoms with Gasteiger partial charge in [0.1, 0.15) is 11.6 Å². The zero-order valence-electron chi connectivity index (χ0n) is 20.6. The fourth-order valence-electron chi connectivity index (χ4n) is 4.08. The van der Waals surface area contributed by atoms with E-state index in [0.29, 0.717) is 28.7 Å². The summed E-state index contributed by atoms with van der Waals surface area (Å²) in [6.45, 7) is 10.9. The van der Waals surface area contributed by atoms with Crippen LogP contribution in [0, 0.1) is 38.3 Å². The Kier molecular flexibility index (Phi) is 11.1. The van der Waals surface area contributed by atoms with Gasteiger partial charge in [-0.1, -0.05) is 13.8 Å². The number of amides is 1. The minimum atomic E-state index is -0.963. The molecule has 0 radical (unpaired) electrons. The third-order valence-electron chi connectivity index (χ3n) is 5.50. The second-order valence-corrected chi connectivity index (χ2v) is 8.92. The van der Waals surface area contributed by atoms with Crippen LogP contribution in [-0.4, -0.2) is 24.5 Å². The summed E-state index contributed by atoms with van der Waals surface area (Å²) >= 11 is 0. The topological polar surface area (TPSA) is 81.4 Å². The van der Waals surface area contributed by atoms with Crippen LogP contribution >= 0.6 is 12.4 Å². The maximum Gasteiger partial charge on any atom is 0.308 e. The SMILES string of the molecule is CCOC(=O)C[C@H](NC(=O)[C@@H](N)CC(C)C)c1cc(-c2c(C)cc(F)cc2C)cc(C)c1F.Cl. The minimum absolute atomic E-state index is 0. The van der Waals surface area contributed by atoms with Crippen molar-refractivity contribution in [2.24, 2.45) is 11.7 Å². The van der Waals surface area contributed by atoms with Gasteiger partial charge in [0.2, 0.25) is 5.91 Å². The van der Waals surface area contributed by atoms with Crippen molar-refractivity contribution in [3.63, 3.8) is 0 Å². The number of nitrogens with one attached hydrogen (secondary N) is 1. The molecule has 5 nitrogen and oxygen atoms in total. The number of rotatable bonds is 9. The third kappa shape index (κ3) is 7.50. The van der Waals surface area contributed by atoms with Crippen LogP contribution in [-0.2, 0) is 14.3 Å². The maximum atomic E-state index is 15.3. The van der Waals surface area contributed by atoms with E-state index in [9.17, 15) is 14.0 Å². The first kappa shape index (κ1) is 29.5. The molecular weight excluding hydrogens is 462 g/mol. The summed E-state index contributed by atoms with van der Waals surface area (Å²) in [4.78, 5) is 25.0. The van der Waals surface area contributed by atoms with Crippen molar-refractivity contribution in [1.29, 1.82) is 0 Å². The molecule has 0 spiro atoms. The molecule has 0 aromatic heterocycles. The normalized spacial score (nSPS) is 12.6.